The molecule has 1 saturated heterocycles. The fraction of sp³-hybridized carbons (Fsp3) is 0.471. The van der Waals surface area contributed by atoms with Crippen molar-refractivity contribution in [3.63, 3.8) is 0 Å². The van der Waals surface area contributed by atoms with E-state index in [1.54, 1.807) is 7.11 Å². The maximum atomic E-state index is 11.9. The van der Waals surface area contributed by atoms with Gasteiger partial charge in [0.2, 0.25) is 17.7 Å². The monoisotopic (exact) mass is 331 g/mol. The first kappa shape index (κ1) is 16.4. The summed E-state index contributed by atoms with van der Waals surface area (Å²) >= 11 is 0. The van der Waals surface area contributed by atoms with E-state index in [4.69, 9.17) is 13.9 Å². The molecule has 1 aliphatic heterocycles. The van der Waals surface area contributed by atoms with Crippen LogP contribution in [-0.2, 0) is 16.0 Å². The normalized spacial score (nSPS) is 17.0. The SMILES string of the molecule is COc1ccc(-c2nnc(CCC(=O)NCC3CCCO3)o2)cc1. The van der Waals surface area contributed by atoms with Crippen LogP contribution in [0.1, 0.15) is 25.2 Å². The van der Waals surface area contributed by atoms with Crippen molar-refractivity contribution in [2.45, 2.75) is 31.8 Å². The highest BCUT2D eigenvalue weighted by Crippen LogP contribution is 2.21. The number of hydrogen-bond acceptors (Lipinski definition) is 6. The van der Waals surface area contributed by atoms with Crippen molar-refractivity contribution >= 4 is 5.91 Å². The first-order valence-electron chi connectivity index (χ1n) is 8.09. The van der Waals surface area contributed by atoms with E-state index >= 15 is 0 Å². The minimum Gasteiger partial charge on any atom is -0.497 e. The van der Waals surface area contributed by atoms with Gasteiger partial charge in [-0.25, -0.2) is 0 Å². The van der Waals surface area contributed by atoms with E-state index in [0.717, 1.165) is 30.8 Å². The van der Waals surface area contributed by atoms with Crippen LogP contribution >= 0.6 is 0 Å². The summed E-state index contributed by atoms with van der Waals surface area (Å²) in [7, 11) is 1.61. The second-order valence-corrected chi connectivity index (χ2v) is 5.67. The number of benzene rings is 1. The zero-order valence-electron chi connectivity index (χ0n) is 13.7. The number of methoxy groups -OCH3 is 1. The number of aryl methyl sites for hydroxylation is 1. The van der Waals surface area contributed by atoms with Crippen LogP contribution in [0.15, 0.2) is 28.7 Å². The molecule has 0 bridgehead atoms. The molecule has 1 unspecified atom stereocenters. The Kier molecular flexibility index (Phi) is 5.43. The number of rotatable bonds is 7. The van der Waals surface area contributed by atoms with Crippen molar-refractivity contribution in [1.82, 2.24) is 15.5 Å². The van der Waals surface area contributed by atoms with Crippen molar-refractivity contribution in [2.75, 3.05) is 20.3 Å². The fourth-order valence-corrected chi connectivity index (χ4v) is 2.55. The zero-order chi connectivity index (χ0) is 16.8. The molecular weight excluding hydrogens is 310 g/mol. The van der Waals surface area contributed by atoms with Crippen molar-refractivity contribution in [1.29, 1.82) is 0 Å². The lowest BCUT2D eigenvalue weighted by Gasteiger charge is -2.10. The van der Waals surface area contributed by atoms with Crippen LogP contribution in [0.5, 0.6) is 5.75 Å². The number of nitrogens with one attached hydrogen (secondary N) is 1. The average molecular weight is 331 g/mol. The van der Waals surface area contributed by atoms with Gasteiger partial charge in [-0.3, -0.25) is 4.79 Å². The summed E-state index contributed by atoms with van der Waals surface area (Å²) in [5.41, 5.74) is 0.817. The Morgan fingerprint density at radius 1 is 1.33 bits per heavy atom. The van der Waals surface area contributed by atoms with Crippen LogP contribution in [0, 0.1) is 0 Å². The third-order valence-electron chi connectivity index (χ3n) is 3.92. The summed E-state index contributed by atoms with van der Waals surface area (Å²) in [6, 6.07) is 7.37. The molecule has 1 aromatic heterocycles. The average Bonchev–Trinajstić information content (AvgIpc) is 3.30. The van der Waals surface area contributed by atoms with Crippen LogP contribution in [-0.4, -0.2) is 42.5 Å². The molecule has 7 nitrogen and oxygen atoms in total. The maximum Gasteiger partial charge on any atom is 0.247 e. The van der Waals surface area contributed by atoms with E-state index in [0.29, 0.717) is 31.2 Å². The van der Waals surface area contributed by atoms with Crippen LogP contribution < -0.4 is 10.1 Å². The van der Waals surface area contributed by atoms with E-state index < -0.39 is 0 Å². The Labute approximate surface area is 140 Å². The van der Waals surface area contributed by atoms with Crippen LogP contribution in [0.2, 0.25) is 0 Å². The van der Waals surface area contributed by atoms with Gasteiger partial charge in [-0.1, -0.05) is 0 Å². The third kappa shape index (κ3) is 4.32. The molecule has 7 heteroatoms. The van der Waals surface area contributed by atoms with E-state index in [9.17, 15) is 4.79 Å². The largest absolute Gasteiger partial charge is 0.497 e. The second-order valence-electron chi connectivity index (χ2n) is 5.67. The smallest absolute Gasteiger partial charge is 0.247 e. The fourth-order valence-electron chi connectivity index (χ4n) is 2.55. The molecule has 1 atom stereocenters. The standard InChI is InChI=1S/C17H21N3O4/c1-22-13-6-4-12(5-7-13)17-20-19-16(24-17)9-8-15(21)18-11-14-3-2-10-23-14/h4-7,14H,2-3,8-11H2,1H3,(H,18,21). The quantitative estimate of drug-likeness (QED) is 0.835. The number of carbonyl (C=O) groups is 1. The van der Waals surface area contributed by atoms with E-state index in [1.807, 2.05) is 24.3 Å². The predicted octanol–water partition coefficient (Wildman–Crippen LogP) is 1.97. The van der Waals surface area contributed by atoms with E-state index in [1.165, 1.54) is 0 Å². The summed E-state index contributed by atoms with van der Waals surface area (Å²) in [6.45, 7) is 1.36. The second kappa shape index (κ2) is 7.92. The van der Waals surface area contributed by atoms with Gasteiger partial charge in [0.15, 0.2) is 0 Å². The molecule has 0 saturated carbocycles. The maximum absolute atomic E-state index is 11.9. The molecular formula is C17H21N3O4. The molecule has 1 amide bonds. The molecule has 2 heterocycles. The minimum absolute atomic E-state index is 0.0327. The molecule has 128 valence electrons. The van der Waals surface area contributed by atoms with Crippen LogP contribution in [0.4, 0.5) is 0 Å². The van der Waals surface area contributed by atoms with E-state index in [2.05, 4.69) is 15.5 Å². The van der Waals surface area contributed by atoms with Crippen molar-refractivity contribution < 1.29 is 18.7 Å². The van der Waals surface area contributed by atoms with Gasteiger partial charge in [-0.15, -0.1) is 10.2 Å². The summed E-state index contributed by atoms with van der Waals surface area (Å²) in [5.74, 6) is 1.62. The van der Waals surface area contributed by atoms with Gasteiger partial charge >= 0.3 is 0 Å². The molecule has 0 spiro atoms. The molecule has 1 aromatic carbocycles. The number of carbonyl (C=O) groups excluding carboxylic acids is 1. The lowest BCUT2D eigenvalue weighted by Crippen LogP contribution is -2.31. The molecule has 3 rings (SSSR count). The Bertz CT molecular complexity index is 663. The van der Waals surface area contributed by atoms with Crippen LogP contribution in [0.25, 0.3) is 11.5 Å². The van der Waals surface area contributed by atoms with Gasteiger partial charge in [0.1, 0.15) is 5.75 Å². The number of hydrogen-bond donors (Lipinski definition) is 1. The zero-order valence-corrected chi connectivity index (χ0v) is 13.7. The molecule has 0 radical (unpaired) electrons. The molecule has 0 aliphatic carbocycles. The van der Waals surface area contributed by atoms with Gasteiger partial charge in [0.25, 0.3) is 0 Å². The van der Waals surface area contributed by atoms with Gasteiger partial charge in [-0.2, -0.15) is 0 Å². The number of aromatic nitrogens is 2. The van der Waals surface area contributed by atoms with Crippen LogP contribution in [0.3, 0.4) is 0 Å². The van der Waals surface area contributed by atoms with Gasteiger partial charge < -0.3 is 19.2 Å². The van der Waals surface area contributed by atoms with Gasteiger partial charge in [-0.05, 0) is 37.1 Å². The number of amides is 1. The van der Waals surface area contributed by atoms with Crippen molar-refractivity contribution in [2.24, 2.45) is 0 Å². The van der Waals surface area contributed by atoms with Crippen molar-refractivity contribution in [3.8, 4) is 17.2 Å². The third-order valence-corrected chi connectivity index (χ3v) is 3.92. The molecule has 24 heavy (non-hydrogen) atoms. The van der Waals surface area contributed by atoms with Crippen molar-refractivity contribution in [3.05, 3.63) is 30.2 Å². The summed E-state index contributed by atoms with van der Waals surface area (Å²) in [6.07, 6.45) is 2.96. The Balaban J connectivity index is 1.47. The number of nitrogens with zero attached hydrogens (tertiary/aromatic N) is 2. The Hall–Kier alpha value is -2.41. The first-order valence-corrected chi connectivity index (χ1v) is 8.09. The minimum atomic E-state index is -0.0327. The topological polar surface area (TPSA) is 86.5 Å². The highest BCUT2D eigenvalue weighted by molar-refractivity contribution is 5.76. The Morgan fingerprint density at radius 3 is 2.88 bits per heavy atom. The lowest BCUT2D eigenvalue weighted by molar-refractivity contribution is -0.121. The Morgan fingerprint density at radius 2 is 2.17 bits per heavy atom. The molecule has 1 aliphatic rings. The highest BCUT2D eigenvalue weighted by atomic mass is 16.5. The van der Waals surface area contributed by atoms with Gasteiger partial charge in [0, 0.05) is 31.6 Å². The summed E-state index contributed by atoms with van der Waals surface area (Å²) in [4.78, 5) is 11.9. The summed E-state index contributed by atoms with van der Waals surface area (Å²) < 4.78 is 16.2. The highest BCUT2D eigenvalue weighted by Gasteiger charge is 2.16. The van der Waals surface area contributed by atoms with Gasteiger partial charge in [0.05, 0.1) is 13.2 Å². The predicted molar refractivity (Wildman–Crippen MR) is 86.6 cm³/mol. The molecule has 1 fully saturated rings. The number of ether oxygens (including phenoxy) is 2. The lowest BCUT2D eigenvalue weighted by atomic mass is 10.2. The summed E-state index contributed by atoms with van der Waals surface area (Å²) in [5, 5.41) is 10.9. The molecule has 2 aromatic rings. The first-order chi connectivity index (χ1) is 11.7. The molecule has 1 N–H and O–H groups in total. The van der Waals surface area contributed by atoms with E-state index in [-0.39, 0.29) is 12.0 Å².